The zero-order valence-corrected chi connectivity index (χ0v) is 14.0. The Balaban J connectivity index is 1.79. The molecule has 0 saturated heterocycles. The van der Waals surface area contributed by atoms with Gasteiger partial charge in [0.05, 0.1) is 5.92 Å². The highest BCUT2D eigenvalue weighted by Gasteiger charge is 2.21. The van der Waals surface area contributed by atoms with Crippen molar-refractivity contribution in [1.82, 2.24) is 9.97 Å². The SMILES string of the molecule is Cc1ccc(C(c2cncnc2)c2ccc(-c3ccccc3)o2)cc1. The molecule has 3 heteroatoms. The van der Waals surface area contributed by atoms with Crippen LogP contribution in [0.1, 0.15) is 28.4 Å². The summed E-state index contributed by atoms with van der Waals surface area (Å²) in [6, 6.07) is 22.7. The highest BCUT2D eigenvalue weighted by atomic mass is 16.3. The molecule has 0 radical (unpaired) electrons. The zero-order chi connectivity index (χ0) is 17.1. The summed E-state index contributed by atoms with van der Waals surface area (Å²) in [7, 11) is 0. The van der Waals surface area contributed by atoms with Gasteiger partial charge in [-0.15, -0.1) is 0 Å². The first-order valence-electron chi connectivity index (χ1n) is 8.28. The Kier molecular flexibility index (Phi) is 4.13. The molecule has 0 aliphatic rings. The maximum Gasteiger partial charge on any atom is 0.134 e. The van der Waals surface area contributed by atoms with Crippen molar-refractivity contribution in [2.75, 3.05) is 0 Å². The molecular formula is C22H18N2O. The van der Waals surface area contributed by atoms with Crippen molar-refractivity contribution in [3.63, 3.8) is 0 Å². The average molecular weight is 326 g/mol. The van der Waals surface area contributed by atoms with Crippen molar-refractivity contribution in [3.8, 4) is 11.3 Å². The van der Waals surface area contributed by atoms with Gasteiger partial charge in [-0.25, -0.2) is 9.97 Å². The molecule has 25 heavy (non-hydrogen) atoms. The van der Waals surface area contributed by atoms with E-state index in [9.17, 15) is 0 Å². The second kappa shape index (κ2) is 6.73. The number of hydrogen-bond acceptors (Lipinski definition) is 3. The maximum absolute atomic E-state index is 6.22. The minimum atomic E-state index is -0.0285. The lowest BCUT2D eigenvalue weighted by Crippen LogP contribution is -2.03. The standard InChI is InChI=1S/C22H18N2O/c1-16-7-9-18(10-8-16)22(19-13-23-15-24-14-19)21-12-11-20(25-21)17-5-3-2-4-6-17/h2-15,22H,1H3. The molecule has 0 bridgehead atoms. The molecule has 2 heterocycles. The topological polar surface area (TPSA) is 38.9 Å². The molecule has 0 amide bonds. The molecule has 4 rings (SSSR count). The predicted molar refractivity (Wildman–Crippen MR) is 98.3 cm³/mol. The van der Waals surface area contributed by atoms with E-state index in [-0.39, 0.29) is 5.92 Å². The Morgan fingerprint density at radius 3 is 2.20 bits per heavy atom. The lowest BCUT2D eigenvalue weighted by molar-refractivity contribution is 0.515. The Labute approximate surface area is 147 Å². The molecule has 0 aliphatic carbocycles. The Morgan fingerprint density at radius 2 is 1.48 bits per heavy atom. The van der Waals surface area contributed by atoms with E-state index in [1.54, 1.807) is 6.33 Å². The van der Waals surface area contributed by atoms with Crippen LogP contribution < -0.4 is 0 Å². The quantitative estimate of drug-likeness (QED) is 0.516. The molecule has 2 aromatic heterocycles. The van der Waals surface area contributed by atoms with Gasteiger partial charge in [0.15, 0.2) is 0 Å². The van der Waals surface area contributed by atoms with E-state index in [0.717, 1.165) is 28.2 Å². The van der Waals surface area contributed by atoms with E-state index < -0.39 is 0 Å². The van der Waals surface area contributed by atoms with Gasteiger partial charge in [-0.3, -0.25) is 0 Å². The van der Waals surface area contributed by atoms with Crippen molar-refractivity contribution in [1.29, 1.82) is 0 Å². The molecule has 0 aliphatic heterocycles. The second-order valence-corrected chi connectivity index (χ2v) is 6.08. The third-order valence-electron chi connectivity index (χ3n) is 4.29. The Hall–Kier alpha value is -3.20. The van der Waals surface area contributed by atoms with Gasteiger partial charge in [-0.1, -0.05) is 60.2 Å². The molecular weight excluding hydrogens is 308 g/mol. The van der Waals surface area contributed by atoms with Gasteiger partial charge in [0.2, 0.25) is 0 Å². The number of aromatic nitrogens is 2. The fourth-order valence-electron chi connectivity index (χ4n) is 3.01. The average Bonchev–Trinajstić information content (AvgIpc) is 3.15. The monoisotopic (exact) mass is 326 g/mol. The van der Waals surface area contributed by atoms with Gasteiger partial charge in [0.1, 0.15) is 17.8 Å². The number of nitrogens with zero attached hydrogens (tertiary/aromatic N) is 2. The molecule has 0 spiro atoms. The van der Waals surface area contributed by atoms with Gasteiger partial charge < -0.3 is 4.42 Å². The van der Waals surface area contributed by atoms with Crippen LogP contribution >= 0.6 is 0 Å². The first kappa shape index (κ1) is 15.3. The first-order valence-corrected chi connectivity index (χ1v) is 8.28. The summed E-state index contributed by atoms with van der Waals surface area (Å²) in [5.41, 5.74) is 4.48. The molecule has 4 aromatic rings. The second-order valence-electron chi connectivity index (χ2n) is 6.08. The third-order valence-corrected chi connectivity index (χ3v) is 4.29. The molecule has 1 unspecified atom stereocenters. The van der Waals surface area contributed by atoms with Crippen LogP contribution in [0.2, 0.25) is 0 Å². The highest BCUT2D eigenvalue weighted by Crippen LogP contribution is 2.34. The number of hydrogen-bond donors (Lipinski definition) is 0. The summed E-state index contributed by atoms with van der Waals surface area (Å²) in [5.74, 6) is 1.72. The number of aryl methyl sites for hydroxylation is 1. The zero-order valence-electron chi connectivity index (χ0n) is 14.0. The van der Waals surface area contributed by atoms with Crippen LogP contribution in [0.15, 0.2) is 89.9 Å². The number of furan rings is 1. The molecule has 0 N–H and O–H groups in total. The molecule has 3 nitrogen and oxygen atoms in total. The van der Waals surface area contributed by atoms with Gasteiger partial charge in [-0.05, 0) is 24.6 Å². The summed E-state index contributed by atoms with van der Waals surface area (Å²) >= 11 is 0. The Bertz CT molecular complexity index is 944. The summed E-state index contributed by atoms with van der Waals surface area (Å²) in [6.07, 6.45) is 5.25. The largest absolute Gasteiger partial charge is 0.460 e. The van der Waals surface area contributed by atoms with E-state index >= 15 is 0 Å². The normalized spacial score (nSPS) is 12.0. The maximum atomic E-state index is 6.22. The van der Waals surface area contributed by atoms with Crippen molar-refractivity contribution in [3.05, 3.63) is 108 Å². The molecule has 2 aromatic carbocycles. The smallest absolute Gasteiger partial charge is 0.134 e. The van der Waals surface area contributed by atoms with E-state index in [1.165, 1.54) is 5.56 Å². The van der Waals surface area contributed by atoms with Crippen LogP contribution in [-0.4, -0.2) is 9.97 Å². The van der Waals surface area contributed by atoms with Crippen molar-refractivity contribution < 1.29 is 4.42 Å². The third kappa shape index (κ3) is 3.22. The predicted octanol–water partition coefficient (Wildman–Crippen LogP) is 5.23. The number of rotatable bonds is 4. The fourth-order valence-corrected chi connectivity index (χ4v) is 3.01. The molecule has 1 atom stereocenters. The minimum Gasteiger partial charge on any atom is -0.460 e. The van der Waals surface area contributed by atoms with Crippen molar-refractivity contribution in [2.24, 2.45) is 0 Å². The lowest BCUT2D eigenvalue weighted by atomic mass is 9.90. The summed E-state index contributed by atoms with van der Waals surface area (Å²) in [6.45, 7) is 2.09. The minimum absolute atomic E-state index is 0.0285. The summed E-state index contributed by atoms with van der Waals surface area (Å²) < 4.78 is 6.22. The van der Waals surface area contributed by atoms with Gasteiger partial charge in [0, 0.05) is 23.5 Å². The van der Waals surface area contributed by atoms with Gasteiger partial charge >= 0.3 is 0 Å². The highest BCUT2D eigenvalue weighted by molar-refractivity contribution is 5.58. The van der Waals surface area contributed by atoms with Crippen LogP contribution in [0.3, 0.4) is 0 Å². The first-order chi connectivity index (χ1) is 12.3. The van der Waals surface area contributed by atoms with E-state index in [4.69, 9.17) is 4.42 Å². The summed E-state index contributed by atoms with van der Waals surface area (Å²) in [5, 5.41) is 0. The van der Waals surface area contributed by atoms with Crippen LogP contribution in [0, 0.1) is 6.92 Å². The lowest BCUT2D eigenvalue weighted by Gasteiger charge is -2.15. The van der Waals surface area contributed by atoms with E-state index in [2.05, 4.69) is 53.3 Å². The number of benzene rings is 2. The molecule has 0 saturated carbocycles. The van der Waals surface area contributed by atoms with E-state index in [0.29, 0.717) is 0 Å². The van der Waals surface area contributed by atoms with Crippen LogP contribution in [0.5, 0.6) is 0 Å². The molecule has 122 valence electrons. The van der Waals surface area contributed by atoms with Crippen LogP contribution in [0.4, 0.5) is 0 Å². The van der Waals surface area contributed by atoms with Gasteiger partial charge in [-0.2, -0.15) is 0 Å². The molecule has 0 fully saturated rings. The van der Waals surface area contributed by atoms with Crippen LogP contribution in [-0.2, 0) is 0 Å². The summed E-state index contributed by atoms with van der Waals surface area (Å²) in [4.78, 5) is 8.37. The van der Waals surface area contributed by atoms with E-state index in [1.807, 2.05) is 42.7 Å². The van der Waals surface area contributed by atoms with Crippen molar-refractivity contribution in [2.45, 2.75) is 12.8 Å². The van der Waals surface area contributed by atoms with Gasteiger partial charge in [0.25, 0.3) is 0 Å². The Morgan fingerprint density at radius 1 is 0.760 bits per heavy atom. The fraction of sp³-hybridized carbons (Fsp3) is 0.0909. The van der Waals surface area contributed by atoms with Crippen LogP contribution in [0.25, 0.3) is 11.3 Å². The van der Waals surface area contributed by atoms with Crippen molar-refractivity contribution >= 4 is 0 Å².